The highest BCUT2D eigenvalue weighted by atomic mass is 79.9. The molecule has 0 aromatic heterocycles. The molecular weight excluding hydrogens is 301 g/mol. The average molecular weight is 310 g/mol. The van der Waals surface area contributed by atoms with Crippen molar-refractivity contribution in [3.63, 3.8) is 0 Å². The summed E-state index contributed by atoms with van der Waals surface area (Å²) in [5.74, 6) is -0.623. The Morgan fingerprint density at radius 2 is 1.83 bits per heavy atom. The summed E-state index contributed by atoms with van der Waals surface area (Å²) < 4.78 is 13.3. The van der Waals surface area contributed by atoms with E-state index in [0.717, 1.165) is 0 Å². The van der Waals surface area contributed by atoms with Gasteiger partial charge in [0.1, 0.15) is 11.6 Å². The highest BCUT2D eigenvalue weighted by molar-refractivity contribution is 9.10. The van der Waals surface area contributed by atoms with Crippen LogP contribution in [0.25, 0.3) is 0 Å². The van der Waals surface area contributed by atoms with E-state index in [-0.39, 0.29) is 16.1 Å². The minimum absolute atomic E-state index is 0.0936. The second kappa shape index (κ2) is 5.18. The van der Waals surface area contributed by atoms with Gasteiger partial charge >= 0.3 is 0 Å². The van der Waals surface area contributed by atoms with E-state index in [2.05, 4.69) is 21.2 Å². The van der Waals surface area contributed by atoms with Crippen LogP contribution in [-0.2, 0) is 0 Å². The summed E-state index contributed by atoms with van der Waals surface area (Å²) in [4.78, 5) is 11.8. The predicted molar refractivity (Wildman–Crippen MR) is 70.2 cm³/mol. The lowest BCUT2D eigenvalue weighted by molar-refractivity contribution is 0.102. The Morgan fingerprint density at radius 3 is 2.44 bits per heavy atom. The molecule has 2 aromatic carbocycles. The summed E-state index contributed by atoms with van der Waals surface area (Å²) >= 11 is 3.04. The molecule has 0 heterocycles. The van der Waals surface area contributed by atoms with Gasteiger partial charge in [-0.15, -0.1) is 0 Å². The summed E-state index contributed by atoms with van der Waals surface area (Å²) in [5, 5.41) is 11.7. The van der Waals surface area contributed by atoms with Crippen LogP contribution in [0.4, 0.5) is 10.1 Å². The lowest BCUT2D eigenvalue weighted by Crippen LogP contribution is -2.11. The first-order valence-corrected chi connectivity index (χ1v) is 5.91. The first-order chi connectivity index (χ1) is 8.56. The minimum Gasteiger partial charge on any atom is -0.508 e. The molecule has 0 bridgehead atoms. The number of benzene rings is 2. The summed E-state index contributed by atoms with van der Waals surface area (Å²) in [6.07, 6.45) is 0. The van der Waals surface area contributed by atoms with Gasteiger partial charge < -0.3 is 10.4 Å². The third kappa shape index (κ3) is 2.87. The van der Waals surface area contributed by atoms with E-state index >= 15 is 0 Å². The molecule has 0 saturated carbocycles. The molecule has 2 aromatic rings. The third-order valence-electron chi connectivity index (χ3n) is 2.31. The van der Waals surface area contributed by atoms with Crippen LogP contribution in [0.3, 0.4) is 0 Å². The Bertz CT molecular complexity index is 584. The summed E-state index contributed by atoms with van der Waals surface area (Å²) in [5.41, 5.74) is 0.898. The molecule has 0 atom stereocenters. The van der Waals surface area contributed by atoms with Crippen LogP contribution < -0.4 is 5.32 Å². The van der Waals surface area contributed by atoms with Gasteiger partial charge in [0.05, 0.1) is 4.47 Å². The lowest BCUT2D eigenvalue weighted by Gasteiger charge is -2.06. The van der Waals surface area contributed by atoms with E-state index in [4.69, 9.17) is 5.11 Å². The zero-order valence-electron chi connectivity index (χ0n) is 9.15. The van der Waals surface area contributed by atoms with Crippen molar-refractivity contribution in [3.05, 3.63) is 58.3 Å². The molecule has 5 heteroatoms. The zero-order valence-corrected chi connectivity index (χ0v) is 10.7. The monoisotopic (exact) mass is 309 g/mol. The predicted octanol–water partition coefficient (Wildman–Crippen LogP) is 3.55. The maximum atomic E-state index is 13.0. The number of halogens is 2. The van der Waals surface area contributed by atoms with Crippen molar-refractivity contribution in [2.75, 3.05) is 5.32 Å². The molecule has 0 radical (unpaired) electrons. The number of amides is 1. The fourth-order valence-electron chi connectivity index (χ4n) is 1.39. The van der Waals surface area contributed by atoms with Crippen LogP contribution in [0.2, 0.25) is 0 Å². The molecule has 3 nitrogen and oxygen atoms in total. The quantitative estimate of drug-likeness (QED) is 0.891. The Kier molecular flexibility index (Phi) is 3.62. The van der Waals surface area contributed by atoms with Crippen molar-refractivity contribution in [1.82, 2.24) is 0 Å². The van der Waals surface area contributed by atoms with E-state index in [0.29, 0.717) is 11.3 Å². The molecule has 0 saturated heterocycles. The number of aromatic hydroxyl groups is 1. The summed E-state index contributed by atoms with van der Waals surface area (Å²) in [6, 6.07) is 10.1. The highest BCUT2D eigenvalue weighted by Crippen LogP contribution is 2.20. The number of carbonyl (C=O) groups excluding carboxylic acids is 1. The number of hydrogen-bond donors (Lipinski definition) is 2. The van der Waals surface area contributed by atoms with Gasteiger partial charge in [-0.3, -0.25) is 4.79 Å². The van der Waals surface area contributed by atoms with E-state index < -0.39 is 5.82 Å². The van der Waals surface area contributed by atoms with Gasteiger partial charge in [0.2, 0.25) is 0 Å². The lowest BCUT2D eigenvalue weighted by atomic mass is 10.2. The number of hydrogen-bond acceptors (Lipinski definition) is 2. The minimum atomic E-state index is -0.391. The second-order valence-electron chi connectivity index (χ2n) is 3.63. The average Bonchev–Trinajstić information content (AvgIpc) is 2.34. The molecule has 0 aliphatic heterocycles. The van der Waals surface area contributed by atoms with E-state index in [9.17, 15) is 9.18 Å². The molecule has 2 N–H and O–H groups in total. The topological polar surface area (TPSA) is 49.3 Å². The SMILES string of the molecule is O=C(Nc1ccc(F)c(Br)c1)c1ccc(O)cc1. The fourth-order valence-corrected chi connectivity index (χ4v) is 1.77. The first kappa shape index (κ1) is 12.6. The van der Waals surface area contributed by atoms with Gasteiger partial charge in [0.25, 0.3) is 5.91 Å². The number of anilines is 1. The molecule has 92 valence electrons. The van der Waals surface area contributed by atoms with Crippen molar-refractivity contribution in [2.24, 2.45) is 0 Å². The van der Waals surface area contributed by atoms with Crippen LogP contribution in [-0.4, -0.2) is 11.0 Å². The standard InChI is InChI=1S/C13H9BrFNO2/c14-11-7-9(3-6-12(11)15)16-13(18)8-1-4-10(17)5-2-8/h1-7,17H,(H,16,18). The maximum Gasteiger partial charge on any atom is 0.255 e. The molecule has 0 unspecified atom stereocenters. The van der Waals surface area contributed by atoms with Crippen LogP contribution in [0.1, 0.15) is 10.4 Å². The number of carbonyl (C=O) groups is 1. The molecule has 18 heavy (non-hydrogen) atoms. The smallest absolute Gasteiger partial charge is 0.255 e. The van der Waals surface area contributed by atoms with Crippen molar-refractivity contribution in [1.29, 1.82) is 0 Å². The summed E-state index contributed by atoms with van der Waals surface area (Å²) in [6.45, 7) is 0. The molecule has 0 aliphatic carbocycles. The molecule has 1 amide bonds. The maximum absolute atomic E-state index is 13.0. The van der Waals surface area contributed by atoms with Gasteiger partial charge in [0.15, 0.2) is 0 Å². The molecular formula is C13H9BrFNO2. The molecule has 0 spiro atoms. The third-order valence-corrected chi connectivity index (χ3v) is 2.91. The van der Waals surface area contributed by atoms with Gasteiger partial charge in [-0.05, 0) is 58.4 Å². The molecule has 0 fully saturated rings. The second-order valence-corrected chi connectivity index (χ2v) is 4.48. The highest BCUT2D eigenvalue weighted by Gasteiger charge is 2.07. The van der Waals surface area contributed by atoms with Crippen LogP contribution in [0, 0.1) is 5.82 Å². The van der Waals surface area contributed by atoms with E-state index in [1.807, 2.05) is 0 Å². The fraction of sp³-hybridized carbons (Fsp3) is 0. The van der Waals surface area contributed by atoms with Crippen molar-refractivity contribution >= 4 is 27.5 Å². The zero-order chi connectivity index (χ0) is 13.1. The number of nitrogens with one attached hydrogen (secondary N) is 1. The largest absolute Gasteiger partial charge is 0.508 e. The van der Waals surface area contributed by atoms with Gasteiger partial charge in [-0.25, -0.2) is 4.39 Å². The van der Waals surface area contributed by atoms with Crippen molar-refractivity contribution in [3.8, 4) is 5.75 Å². The van der Waals surface area contributed by atoms with Gasteiger partial charge in [-0.1, -0.05) is 0 Å². The summed E-state index contributed by atoms with van der Waals surface area (Å²) in [7, 11) is 0. The normalized spacial score (nSPS) is 10.1. The van der Waals surface area contributed by atoms with Crippen LogP contribution >= 0.6 is 15.9 Å². The van der Waals surface area contributed by atoms with Crippen molar-refractivity contribution in [2.45, 2.75) is 0 Å². The van der Waals surface area contributed by atoms with E-state index in [1.54, 1.807) is 0 Å². The van der Waals surface area contributed by atoms with Gasteiger partial charge in [-0.2, -0.15) is 0 Å². The Balaban J connectivity index is 2.16. The molecule has 0 aliphatic rings. The number of rotatable bonds is 2. The van der Waals surface area contributed by atoms with Crippen LogP contribution in [0.5, 0.6) is 5.75 Å². The van der Waals surface area contributed by atoms with Crippen molar-refractivity contribution < 1.29 is 14.3 Å². The number of phenols is 1. The van der Waals surface area contributed by atoms with Crippen LogP contribution in [0.15, 0.2) is 46.9 Å². The number of phenolic OH excluding ortho intramolecular Hbond substituents is 1. The van der Waals surface area contributed by atoms with E-state index in [1.165, 1.54) is 42.5 Å². The Morgan fingerprint density at radius 1 is 1.17 bits per heavy atom. The Labute approximate surface area is 111 Å². The Hall–Kier alpha value is -1.88. The van der Waals surface area contributed by atoms with Gasteiger partial charge in [0, 0.05) is 11.3 Å². The first-order valence-electron chi connectivity index (χ1n) is 5.12. The molecule has 2 rings (SSSR count).